The van der Waals surface area contributed by atoms with Gasteiger partial charge in [-0.2, -0.15) is 0 Å². The van der Waals surface area contributed by atoms with E-state index >= 15 is 0 Å². The summed E-state index contributed by atoms with van der Waals surface area (Å²) >= 11 is 0. The predicted molar refractivity (Wildman–Crippen MR) is 80.3 cm³/mol. The molecule has 0 fully saturated rings. The highest BCUT2D eigenvalue weighted by atomic mass is 19.1. The number of ketones is 1. The van der Waals surface area contributed by atoms with E-state index in [2.05, 4.69) is 0 Å². The summed E-state index contributed by atoms with van der Waals surface area (Å²) in [6, 6.07) is 9.89. The Labute approximate surface area is 122 Å². The van der Waals surface area contributed by atoms with Crippen LogP contribution in [0.2, 0.25) is 0 Å². The van der Waals surface area contributed by atoms with Crippen molar-refractivity contribution in [3.63, 3.8) is 0 Å². The van der Waals surface area contributed by atoms with Crippen LogP contribution in [0.5, 0.6) is 0 Å². The van der Waals surface area contributed by atoms with Gasteiger partial charge in [0.25, 0.3) is 0 Å². The van der Waals surface area contributed by atoms with E-state index in [-0.39, 0.29) is 17.4 Å². The van der Waals surface area contributed by atoms with Gasteiger partial charge in [-0.1, -0.05) is 18.2 Å². The van der Waals surface area contributed by atoms with Crippen LogP contribution in [0.3, 0.4) is 0 Å². The molecular weight excluding hydrogens is 267 g/mol. The zero-order valence-electron chi connectivity index (χ0n) is 12.2. The Hall–Kier alpha value is -2.42. The molecule has 0 unspecified atom stereocenters. The molecule has 106 valence electrons. The van der Waals surface area contributed by atoms with Crippen LogP contribution in [0.4, 0.5) is 4.39 Å². The van der Waals surface area contributed by atoms with Gasteiger partial charge in [-0.15, -0.1) is 0 Å². The molecule has 3 aromatic rings. The molecule has 0 N–H and O–H groups in total. The van der Waals surface area contributed by atoms with Crippen molar-refractivity contribution < 1.29 is 13.6 Å². The minimum atomic E-state index is -0.336. The number of hydrogen-bond acceptors (Lipinski definition) is 2. The second-order valence-corrected chi connectivity index (χ2v) is 5.27. The number of hydrogen-bond donors (Lipinski definition) is 0. The first-order valence-electron chi connectivity index (χ1n) is 6.78. The molecule has 3 rings (SSSR count). The van der Waals surface area contributed by atoms with E-state index in [0.29, 0.717) is 22.1 Å². The molecule has 0 aliphatic rings. The SMILES string of the molecule is Cc1cccc(C(=O)c2oc3ccc(F)cc3c2C)c1C. The smallest absolute Gasteiger partial charge is 0.228 e. The minimum Gasteiger partial charge on any atom is -0.452 e. The Morgan fingerprint density at radius 3 is 2.57 bits per heavy atom. The molecule has 0 spiro atoms. The Morgan fingerprint density at radius 1 is 1.05 bits per heavy atom. The third-order valence-corrected chi connectivity index (χ3v) is 3.95. The average molecular weight is 282 g/mol. The van der Waals surface area contributed by atoms with Gasteiger partial charge in [0.15, 0.2) is 5.76 Å². The second kappa shape index (κ2) is 4.85. The summed E-state index contributed by atoms with van der Waals surface area (Å²) in [5.74, 6) is -0.216. The molecule has 1 aromatic heterocycles. The largest absolute Gasteiger partial charge is 0.452 e. The van der Waals surface area contributed by atoms with Gasteiger partial charge in [-0.25, -0.2) is 4.39 Å². The molecule has 0 amide bonds. The van der Waals surface area contributed by atoms with Crippen LogP contribution in [0.15, 0.2) is 40.8 Å². The van der Waals surface area contributed by atoms with Crippen LogP contribution in [-0.2, 0) is 0 Å². The van der Waals surface area contributed by atoms with Crippen molar-refractivity contribution in [1.82, 2.24) is 0 Å². The van der Waals surface area contributed by atoms with Crippen LogP contribution < -0.4 is 0 Å². The monoisotopic (exact) mass is 282 g/mol. The first kappa shape index (κ1) is 13.6. The van der Waals surface area contributed by atoms with E-state index in [1.54, 1.807) is 19.1 Å². The molecule has 0 bridgehead atoms. The molecular formula is C18H15FO2. The Kier molecular flexibility index (Phi) is 3.13. The summed E-state index contributed by atoms with van der Waals surface area (Å²) in [6.07, 6.45) is 0. The number of fused-ring (bicyclic) bond motifs is 1. The van der Waals surface area contributed by atoms with Gasteiger partial charge in [-0.3, -0.25) is 4.79 Å². The number of carbonyl (C=O) groups is 1. The van der Waals surface area contributed by atoms with Crippen molar-refractivity contribution in [3.05, 3.63) is 70.2 Å². The van der Waals surface area contributed by atoms with Crippen molar-refractivity contribution in [2.75, 3.05) is 0 Å². The van der Waals surface area contributed by atoms with Crippen LogP contribution in [-0.4, -0.2) is 5.78 Å². The summed E-state index contributed by atoms with van der Waals surface area (Å²) in [5, 5.41) is 0.642. The van der Waals surface area contributed by atoms with Crippen molar-refractivity contribution in [2.24, 2.45) is 0 Å². The van der Waals surface area contributed by atoms with Crippen molar-refractivity contribution >= 4 is 16.8 Å². The van der Waals surface area contributed by atoms with Gasteiger partial charge in [-0.05, 0) is 50.1 Å². The van der Waals surface area contributed by atoms with Crippen molar-refractivity contribution in [3.8, 4) is 0 Å². The van der Waals surface area contributed by atoms with E-state index in [4.69, 9.17) is 4.42 Å². The number of benzene rings is 2. The summed E-state index contributed by atoms with van der Waals surface area (Å²) in [7, 11) is 0. The van der Waals surface area contributed by atoms with Gasteiger partial charge in [0.05, 0.1) is 0 Å². The molecule has 1 heterocycles. The molecule has 0 radical (unpaired) electrons. The van der Waals surface area contributed by atoms with Gasteiger partial charge < -0.3 is 4.42 Å². The lowest BCUT2D eigenvalue weighted by atomic mass is 9.97. The molecule has 0 aliphatic heterocycles. The quantitative estimate of drug-likeness (QED) is 0.636. The van der Waals surface area contributed by atoms with Crippen molar-refractivity contribution in [2.45, 2.75) is 20.8 Å². The number of furan rings is 1. The average Bonchev–Trinajstić information content (AvgIpc) is 2.78. The zero-order chi connectivity index (χ0) is 15.1. The third-order valence-electron chi connectivity index (χ3n) is 3.95. The van der Waals surface area contributed by atoms with Gasteiger partial charge in [0.1, 0.15) is 11.4 Å². The summed E-state index contributed by atoms with van der Waals surface area (Å²) in [6.45, 7) is 5.66. The number of carbonyl (C=O) groups excluding carboxylic acids is 1. The topological polar surface area (TPSA) is 30.2 Å². The van der Waals surface area contributed by atoms with Gasteiger partial charge in [0.2, 0.25) is 5.78 Å². The molecule has 0 aliphatic carbocycles. The van der Waals surface area contributed by atoms with Crippen LogP contribution >= 0.6 is 0 Å². The fourth-order valence-electron chi connectivity index (χ4n) is 2.53. The van der Waals surface area contributed by atoms with Crippen LogP contribution in [0.1, 0.15) is 32.8 Å². The van der Waals surface area contributed by atoms with Crippen molar-refractivity contribution in [1.29, 1.82) is 0 Å². The molecule has 0 saturated heterocycles. The maximum atomic E-state index is 13.3. The third kappa shape index (κ3) is 2.15. The zero-order valence-corrected chi connectivity index (χ0v) is 12.2. The van der Waals surface area contributed by atoms with Gasteiger partial charge in [0, 0.05) is 16.5 Å². The standard InChI is InChI=1S/C18H15FO2/c1-10-5-4-6-14(11(10)2)17(20)18-12(3)15-9-13(19)7-8-16(15)21-18/h4-9H,1-3H3. The Bertz CT molecular complexity index is 859. The normalized spacial score (nSPS) is 11.0. The number of halogens is 1. The summed E-state index contributed by atoms with van der Waals surface area (Å²) in [5.41, 5.74) is 3.82. The maximum absolute atomic E-state index is 13.3. The van der Waals surface area contributed by atoms with Crippen LogP contribution in [0, 0.1) is 26.6 Å². The Morgan fingerprint density at radius 2 is 1.81 bits per heavy atom. The first-order valence-corrected chi connectivity index (χ1v) is 6.78. The lowest BCUT2D eigenvalue weighted by Crippen LogP contribution is -2.04. The molecule has 0 atom stereocenters. The fraction of sp³-hybridized carbons (Fsp3) is 0.167. The highest BCUT2D eigenvalue weighted by Gasteiger charge is 2.21. The fourth-order valence-corrected chi connectivity index (χ4v) is 2.53. The minimum absolute atomic E-state index is 0.162. The van der Waals surface area contributed by atoms with Gasteiger partial charge >= 0.3 is 0 Å². The van der Waals surface area contributed by atoms with E-state index in [9.17, 15) is 9.18 Å². The summed E-state index contributed by atoms with van der Waals surface area (Å²) < 4.78 is 19.0. The lowest BCUT2D eigenvalue weighted by Gasteiger charge is -2.06. The van der Waals surface area contributed by atoms with Crippen LogP contribution in [0.25, 0.3) is 11.0 Å². The Balaban J connectivity index is 2.18. The highest BCUT2D eigenvalue weighted by molar-refractivity contribution is 6.11. The molecule has 3 heteroatoms. The van der Waals surface area contributed by atoms with E-state index < -0.39 is 0 Å². The highest BCUT2D eigenvalue weighted by Crippen LogP contribution is 2.28. The van der Waals surface area contributed by atoms with E-state index in [1.807, 2.05) is 26.0 Å². The molecule has 0 saturated carbocycles. The molecule has 2 aromatic carbocycles. The summed E-state index contributed by atoms with van der Waals surface area (Å²) in [4.78, 5) is 12.7. The lowest BCUT2D eigenvalue weighted by molar-refractivity contribution is 0.101. The molecule has 21 heavy (non-hydrogen) atoms. The first-order chi connectivity index (χ1) is 9.99. The predicted octanol–water partition coefficient (Wildman–Crippen LogP) is 4.73. The maximum Gasteiger partial charge on any atom is 0.228 e. The number of aryl methyl sites for hydroxylation is 2. The second-order valence-electron chi connectivity index (χ2n) is 5.27. The molecule has 2 nitrogen and oxygen atoms in total. The number of rotatable bonds is 2. The van der Waals surface area contributed by atoms with E-state index in [0.717, 1.165) is 11.1 Å². The van der Waals surface area contributed by atoms with E-state index in [1.165, 1.54) is 12.1 Å².